The van der Waals surface area contributed by atoms with E-state index in [1.807, 2.05) is 61.6 Å². The Hall–Kier alpha value is -3.78. The topological polar surface area (TPSA) is 127 Å². The van der Waals surface area contributed by atoms with E-state index in [9.17, 15) is 4.79 Å². The first kappa shape index (κ1) is 23.5. The zero-order valence-corrected chi connectivity index (χ0v) is 17.8. The molecule has 31 heavy (non-hydrogen) atoms. The minimum atomic E-state index is 0.640. The number of H-pyrrole nitrogens is 1. The summed E-state index contributed by atoms with van der Waals surface area (Å²) >= 11 is 1.69. The lowest BCUT2D eigenvalue weighted by Crippen LogP contribution is -1.98. The van der Waals surface area contributed by atoms with Gasteiger partial charge in [-0.2, -0.15) is 0 Å². The van der Waals surface area contributed by atoms with Gasteiger partial charge in [-0.05, 0) is 42.3 Å². The van der Waals surface area contributed by atoms with Crippen molar-refractivity contribution in [1.29, 1.82) is 0 Å². The molecule has 160 valence electrons. The molecular weight excluding hydrogens is 410 g/mol. The molecule has 0 fully saturated rings. The van der Waals surface area contributed by atoms with Crippen LogP contribution in [0, 0.1) is 0 Å². The lowest BCUT2D eigenvalue weighted by atomic mass is 10.2. The maximum atomic E-state index is 10.6. The number of nitrogens with one attached hydrogen (secondary N) is 2. The van der Waals surface area contributed by atoms with Crippen LogP contribution in [-0.2, 0) is 16.0 Å². The van der Waals surface area contributed by atoms with Crippen LogP contribution in [0.5, 0.6) is 0 Å². The first-order chi connectivity index (χ1) is 15.2. The Balaban J connectivity index is 0.000000237. The normalized spacial score (nSPS) is 9.68. The second-order valence-electron chi connectivity index (χ2n) is 6.27. The molecule has 2 heterocycles. The number of hydrogen-bond donors (Lipinski definition) is 4. The van der Waals surface area contributed by atoms with Crippen molar-refractivity contribution < 1.29 is 9.59 Å². The summed E-state index contributed by atoms with van der Waals surface area (Å²) < 4.78 is 0. The van der Waals surface area contributed by atoms with Crippen LogP contribution in [0.1, 0.15) is 5.56 Å². The summed E-state index contributed by atoms with van der Waals surface area (Å²) in [5.41, 5.74) is 15.9. The van der Waals surface area contributed by atoms with Crippen molar-refractivity contribution in [1.82, 2.24) is 9.97 Å². The van der Waals surface area contributed by atoms with Gasteiger partial charge in [-0.25, -0.2) is 0 Å². The number of anilines is 3. The summed E-state index contributed by atoms with van der Waals surface area (Å²) in [5, 5.41) is 3.77. The van der Waals surface area contributed by atoms with Crippen LogP contribution >= 0.6 is 11.8 Å². The van der Waals surface area contributed by atoms with Gasteiger partial charge in [0.15, 0.2) is 0 Å². The first-order valence-corrected chi connectivity index (χ1v) is 10.4. The average molecular weight is 436 g/mol. The molecule has 0 atom stereocenters. The number of amides is 1. The van der Waals surface area contributed by atoms with Crippen molar-refractivity contribution in [3.63, 3.8) is 0 Å². The van der Waals surface area contributed by atoms with Gasteiger partial charge in [0.2, 0.25) is 6.41 Å². The molecule has 0 aliphatic rings. The Bertz CT molecular complexity index is 1090. The number of thioether (sulfide) groups is 1. The highest BCUT2D eigenvalue weighted by Crippen LogP contribution is 2.29. The molecule has 1 amide bonds. The molecule has 4 aromatic rings. The molecule has 2 aromatic heterocycles. The predicted molar refractivity (Wildman–Crippen MR) is 129 cm³/mol. The number of para-hydroxylation sites is 1. The molecule has 7 nitrogen and oxygen atoms in total. The molecule has 0 aliphatic heterocycles. The lowest BCUT2D eigenvalue weighted by molar-refractivity contribution is -0.105. The summed E-state index contributed by atoms with van der Waals surface area (Å²) in [6.45, 7) is 2.00. The average Bonchev–Trinajstić information content (AvgIpc) is 3.19. The monoisotopic (exact) mass is 435 g/mol. The van der Waals surface area contributed by atoms with Crippen molar-refractivity contribution in [2.75, 3.05) is 22.5 Å². The Morgan fingerprint density at radius 3 is 2.61 bits per heavy atom. The molecule has 6 N–H and O–H groups in total. The number of nitrogens with two attached hydrogens (primary N) is 2. The SMILES string of the molecule is C=O.Nc1c[nH]c2ccccc12.Nc1ccc(SCCc2cccnc2)c(NC=O)c1. The van der Waals surface area contributed by atoms with Gasteiger partial charge in [-0.1, -0.05) is 24.3 Å². The van der Waals surface area contributed by atoms with Crippen LogP contribution in [0.15, 0.2) is 78.1 Å². The van der Waals surface area contributed by atoms with E-state index in [2.05, 4.69) is 21.4 Å². The van der Waals surface area contributed by atoms with Crippen LogP contribution < -0.4 is 16.8 Å². The number of fused-ring (bicyclic) bond motifs is 1. The van der Waals surface area contributed by atoms with Crippen molar-refractivity contribution >= 4 is 52.9 Å². The Kier molecular flexibility index (Phi) is 9.64. The Morgan fingerprint density at radius 1 is 1.10 bits per heavy atom. The number of carbonyl (C=O) groups is 2. The van der Waals surface area contributed by atoms with Gasteiger partial charge < -0.3 is 26.6 Å². The highest BCUT2D eigenvalue weighted by molar-refractivity contribution is 7.99. The summed E-state index contributed by atoms with van der Waals surface area (Å²) in [6.07, 6.45) is 7.05. The summed E-state index contributed by atoms with van der Waals surface area (Å²) in [7, 11) is 0. The van der Waals surface area contributed by atoms with Crippen molar-refractivity contribution in [3.8, 4) is 0 Å². The smallest absolute Gasteiger partial charge is 0.211 e. The second kappa shape index (κ2) is 12.7. The maximum absolute atomic E-state index is 10.6. The highest BCUT2D eigenvalue weighted by atomic mass is 32.2. The predicted octanol–water partition coefficient (Wildman–Crippen LogP) is 4.13. The van der Waals surface area contributed by atoms with Crippen molar-refractivity contribution in [3.05, 3.63) is 78.8 Å². The Labute approximate surface area is 185 Å². The van der Waals surface area contributed by atoms with E-state index in [1.165, 1.54) is 5.56 Å². The van der Waals surface area contributed by atoms with Gasteiger partial charge in [-0.15, -0.1) is 11.8 Å². The fraction of sp³-hybridized carbons (Fsp3) is 0.0870. The third kappa shape index (κ3) is 7.20. The van der Waals surface area contributed by atoms with Gasteiger partial charge in [-0.3, -0.25) is 9.78 Å². The zero-order chi connectivity index (χ0) is 22.5. The van der Waals surface area contributed by atoms with E-state index in [1.54, 1.807) is 24.0 Å². The van der Waals surface area contributed by atoms with Crippen molar-refractivity contribution in [2.24, 2.45) is 0 Å². The van der Waals surface area contributed by atoms with E-state index in [-0.39, 0.29) is 0 Å². The van der Waals surface area contributed by atoms with Crippen LogP contribution in [0.25, 0.3) is 10.9 Å². The molecule has 0 saturated carbocycles. The van der Waals surface area contributed by atoms with E-state index < -0.39 is 0 Å². The number of nitrogens with zero attached hydrogens (tertiary/aromatic N) is 1. The van der Waals surface area contributed by atoms with Gasteiger partial charge in [0.25, 0.3) is 0 Å². The zero-order valence-electron chi connectivity index (χ0n) is 17.0. The standard InChI is InChI=1S/C14H15N3OS.C8H8N2.CH2O/c15-12-3-4-14(13(8-12)17-10-18)19-7-5-11-2-1-6-16-9-11;9-7-5-10-8-4-2-1-3-6(7)8;1-2/h1-4,6,8-10H,5,7,15H2,(H,17,18);1-5,10H,9H2;1H2. The quantitative estimate of drug-likeness (QED) is 0.205. The molecule has 4 rings (SSSR count). The van der Waals surface area contributed by atoms with Gasteiger partial charge >= 0.3 is 0 Å². The molecule has 0 bridgehead atoms. The number of carbonyl (C=O) groups excluding carboxylic acids is 2. The minimum Gasteiger partial charge on any atom is -0.399 e. The third-order valence-corrected chi connectivity index (χ3v) is 5.29. The minimum absolute atomic E-state index is 0.640. The number of rotatable bonds is 6. The molecule has 0 unspecified atom stereocenters. The second-order valence-corrected chi connectivity index (χ2v) is 7.40. The fourth-order valence-corrected chi connectivity index (χ4v) is 3.76. The molecule has 0 radical (unpaired) electrons. The molecule has 8 heteroatoms. The van der Waals surface area contributed by atoms with Crippen LogP contribution in [-0.4, -0.2) is 28.9 Å². The number of aryl methyl sites for hydroxylation is 1. The number of aromatic amines is 1. The van der Waals surface area contributed by atoms with Crippen molar-refractivity contribution in [2.45, 2.75) is 11.3 Å². The largest absolute Gasteiger partial charge is 0.399 e. The van der Waals surface area contributed by atoms with E-state index in [4.69, 9.17) is 16.3 Å². The summed E-state index contributed by atoms with van der Waals surface area (Å²) in [6, 6.07) is 17.5. The Morgan fingerprint density at radius 2 is 1.90 bits per heavy atom. The lowest BCUT2D eigenvalue weighted by Gasteiger charge is -2.08. The number of hydrogen-bond acceptors (Lipinski definition) is 6. The van der Waals surface area contributed by atoms with E-state index >= 15 is 0 Å². The molecule has 2 aromatic carbocycles. The third-order valence-electron chi connectivity index (χ3n) is 4.21. The summed E-state index contributed by atoms with van der Waals surface area (Å²) in [5.74, 6) is 0.920. The maximum Gasteiger partial charge on any atom is 0.211 e. The highest BCUT2D eigenvalue weighted by Gasteiger charge is 2.03. The number of nitrogen functional groups attached to an aromatic ring is 2. The molecule has 0 spiro atoms. The van der Waals surface area contributed by atoms with E-state index in [0.29, 0.717) is 12.1 Å². The van der Waals surface area contributed by atoms with Gasteiger partial charge in [0, 0.05) is 45.8 Å². The molecular formula is C23H25N5O2S. The van der Waals surface area contributed by atoms with Crippen LogP contribution in [0.2, 0.25) is 0 Å². The van der Waals surface area contributed by atoms with Crippen LogP contribution in [0.4, 0.5) is 17.1 Å². The fourth-order valence-electron chi connectivity index (χ4n) is 2.77. The summed E-state index contributed by atoms with van der Waals surface area (Å²) in [4.78, 5) is 26.7. The van der Waals surface area contributed by atoms with E-state index in [0.717, 1.165) is 39.3 Å². The number of pyridine rings is 1. The van der Waals surface area contributed by atoms with Gasteiger partial charge in [0.1, 0.15) is 6.79 Å². The molecule has 0 aliphatic carbocycles. The van der Waals surface area contributed by atoms with Crippen LogP contribution in [0.3, 0.4) is 0 Å². The first-order valence-electron chi connectivity index (χ1n) is 9.39. The molecule has 0 saturated heterocycles. The number of benzene rings is 2. The van der Waals surface area contributed by atoms with Gasteiger partial charge in [0.05, 0.1) is 11.4 Å². The number of aromatic nitrogens is 2.